The van der Waals surface area contributed by atoms with E-state index in [4.69, 9.17) is 4.74 Å². The number of aryl methyl sites for hydroxylation is 1. The van der Waals surface area contributed by atoms with Crippen molar-refractivity contribution in [3.63, 3.8) is 0 Å². The summed E-state index contributed by atoms with van der Waals surface area (Å²) < 4.78 is 18.6. The van der Waals surface area contributed by atoms with Crippen LogP contribution in [0.25, 0.3) is 0 Å². The van der Waals surface area contributed by atoms with E-state index in [1.807, 2.05) is 13.1 Å². The maximum atomic E-state index is 13.2. The van der Waals surface area contributed by atoms with Gasteiger partial charge >= 0.3 is 0 Å². The molecular weight excluding hydrogens is 263 g/mol. The Morgan fingerprint density at radius 2 is 2.21 bits per heavy atom. The molecule has 0 atom stereocenters. The maximum absolute atomic E-state index is 13.2. The fraction of sp³-hybridized carbons (Fsp3) is 0.357. The van der Waals surface area contributed by atoms with E-state index in [-0.39, 0.29) is 5.82 Å². The molecule has 0 amide bonds. The molecule has 5 heteroatoms. The number of nitrogens with one attached hydrogen (secondary N) is 1. The minimum atomic E-state index is -0.292. The SMILES string of the molecule is CCOc1cc(F)ccc1NCc1cnc(CC)s1. The van der Waals surface area contributed by atoms with Crippen molar-refractivity contribution in [2.75, 3.05) is 11.9 Å². The number of hydrogen-bond acceptors (Lipinski definition) is 4. The Morgan fingerprint density at radius 1 is 1.37 bits per heavy atom. The molecule has 0 aliphatic heterocycles. The molecule has 2 aromatic rings. The molecular formula is C14H17FN2OS. The number of ether oxygens (including phenoxy) is 1. The largest absolute Gasteiger partial charge is 0.492 e. The number of anilines is 1. The number of halogens is 1. The van der Waals surface area contributed by atoms with Crippen LogP contribution >= 0.6 is 11.3 Å². The molecule has 0 aliphatic carbocycles. The second-order valence-corrected chi connectivity index (χ2v) is 5.20. The van der Waals surface area contributed by atoms with Crippen LogP contribution in [0.3, 0.4) is 0 Å². The molecule has 0 aliphatic rings. The molecule has 19 heavy (non-hydrogen) atoms. The predicted octanol–water partition coefficient (Wildman–Crippen LogP) is 3.86. The average molecular weight is 280 g/mol. The standard InChI is InChI=1S/C14H17FN2OS/c1-3-14-17-9-11(19-14)8-16-12-6-5-10(15)7-13(12)18-4-2/h5-7,9,16H,3-4,8H2,1-2H3. The molecule has 102 valence electrons. The van der Waals surface area contributed by atoms with Gasteiger partial charge in [-0.15, -0.1) is 11.3 Å². The van der Waals surface area contributed by atoms with E-state index in [0.29, 0.717) is 18.9 Å². The number of benzene rings is 1. The first kappa shape index (κ1) is 13.8. The smallest absolute Gasteiger partial charge is 0.145 e. The molecule has 1 N–H and O–H groups in total. The highest BCUT2D eigenvalue weighted by Gasteiger charge is 2.06. The van der Waals surface area contributed by atoms with Gasteiger partial charge < -0.3 is 10.1 Å². The molecule has 0 bridgehead atoms. The van der Waals surface area contributed by atoms with Gasteiger partial charge in [0.25, 0.3) is 0 Å². The lowest BCUT2D eigenvalue weighted by molar-refractivity contribution is 0.340. The fourth-order valence-corrected chi connectivity index (χ4v) is 2.49. The van der Waals surface area contributed by atoms with Crippen LogP contribution in [0.5, 0.6) is 5.75 Å². The quantitative estimate of drug-likeness (QED) is 0.872. The number of thiazole rings is 1. The van der Waals surface area contributed by atoms with Crippen molar-refractivity contribution in [1.82, 2.24) is 4.98 Å². The van der Waals surface area contributed by atoms with Gasteiger partial charge in [0, 0.05) is 17.1 Å². The summed E-state index contributed by atoms with van der Waals surface area (Å²) in [6, 6.07) is 4.52. The highest BCUT2D eigenvalue weighted by atomic mass is 32.1. The molecule has 1 aromatic carbocycles. The molecule has 2 rings (SSSR count). The lowest BCUT2D eigenvalue weighted by Gasteiger charge is -2.11. The second kappa shape index (κ2) is 6.52. The number of aromatic nitrogens is 1. The third-order valence-corrected chi connectivity index (χ3v) is 3.74. The molecule has 3 nitrogen and oxygen atoms in total. The summed E-state index contributed by atoms with van der Waals surface area (Å²) in [5.74, 6) is 0.253. The van der Waals surface area contributed by atoms with Crippen LogP contribution in [0.1, 0.15) is 23.7 Å². The summed E-state index contributed by atoms with van der Waals surface area (Å²) in [4.78, 5) is 5.46. The molecule has 0 spiro atoms. The zero-order valence-corrected chi connectivity index (χ0v) is 11.9. The van der Waals surface area contributed by atoms with E-state index in [1.54, 1.807) is 17.4 Å². The van der Waals surface area contributed by atoms with E-state index in [1.165, 1.54) is 12.1 Å². The van der Waals surface area contributed by atoms with Crippen LogP contribution in [0.2, 0.25) is 0 Å². The summed E-state index contributed by atoms with van der Waals surface area (Å²) in [7, 11) is 0. The van der Waals surface area contributed by atoms with Gasteiger partial charge in [-0.1, -0.05) is 6.92 Å². The average Bonchev–Trinajstić information content (AvgIpc) is 2.86. The van der Waals surface area contributed by atoms with Gasteiger partial charge in [-0.3, -0.25) is 0 Å². The highest BCUT2D eigenvalue weighted by molar-refractivity contribution is 7.11. The molecule has 0 radical (unpaired) electrons. The van der Waals surface area contributed by atoms with Crippen molar-refractivity contribution in [3.05, 3.63) is 40.1 Å². The zero-order chi connectivity index (χ0) is 13.7. The number of hydrogen-bond donors (Lipinski definition) is 1. The summed E-state index contributed by atoms with van der Waals surface area (Å²) in [6.45, 7) is 5.15. The molecule has 1 aromatic heterocycles. The van der Waals surface area contributed by atoms with E-state index >= 15 is 0 Å². The van der Waals surface area contributed by atoms with E-state index in [9.17, 15) is 4.39 Å². The van der Waals surface area contributed by atoms with Gasteiger partial charge in [-0.05, 0) is 25.5 Å². The normalized spacial score (nSPS) is 10.5. The second-order valence-electron chi connectivity index (χ2n) is 4.00. The Morgan fingerprint density at radius 3 is 2.89 bits per heavy atom. The summed E-state index contributed by atoms with van der Waals surface area (Å²) in [5, 5.41) is 4.38. The van der Waals surface area contributed by atoms with Crippen LogP contribution in [-0.4, -0.2) is 11.6 Å². The van der Waals surface area contributed by atoms with Crippen molar-refractivity contribution in [2.24, 2.45) is 0 Å². The summed E-state index contributed by atoms with van der Waals surface area (Å²) in [5.41, 5.74) is 0.801. The Bertz CT molecular complexity index is 542. The van der Waals surface area contributed by atoms with Crippen molar-refractivity contribution in [2.45, 2.75) is 26.8 Å². The molecule has 0 saturated carbocycles. The van der Waals surface area contributed by atoms with Crippen LogP contribution in [0.4, 0.5) is 10.1 Å². The Hall–Kier alpha value is -1.62. The number of nitrogens with zero attached hydrogens (tertiary/aromatic N) is 1. The number of rotatable bonds is 6. The van der Waals surface area contributed by atoms with Crippen LogP contribution in [-0.2, 0) is 13.0 Å². The topological polar surface area (TPSA) is 34.1 Å². The van der Waals surface area contributed by atoms with Crippen molar-refractivity contribution >= 4 is 17.0 Å². The van der Waals surface area contributed by atoms with Crippen LogP contribution in [0, 0.1) is 5.82 Å². The summed E-state index contributed by atoms with van der Waals surface area (Å²) in [6.07, 6.45) is 2.83. The van der Waals surface area contributed by atoms with Gasteiger partial charge in [0.2, 0.25) is 0 Å². The van der Waals surface area contributed by atoms with E-state index < -0.39 is 0 Å². The zero-order valence-electron chi connectivity index (χ0n) is 11.1. The molecule has 0 saturated heterocycles. The lowest BCUT2D eigenvalue weighted by atomic mass is 10.2. The van der Waals surface area contributed by atoms with Gasteiger partial charge in [-0.2, -0.15) is 0 Å². The van der Waals surface area contributed by atoms with Gasteiger partial charge in [-0.25, -0.2) is 9.37 Å². The minimum absolute atomic E-state index is 0.292. The summed E-state index contributed by atoms with van der Waals surface area (Å²) >= 11 is 1.69. The van der Waals surface area contributed by atoms with Crippen LogP contribution in [0.15, 0.2) is 24.4 Å². The van der Waals surface area contributed by atoms with Crippen molar-refractivity contribution in [3.8, 4) is 5.75 Å². The third kappa shape index (κ3) is 3.67. The Labute approximate surface area is 116 Å². The van der Waals surface area contributed by atoms with Crippen molar-refractivity contribution < 1.29 is 9.13 Å². The lowest BCUT2D eigenvalue weighted by Crippen LogP contribution is -2.02. The van der Waals surface area contributed by atoms with Gasteiger partial charge in [0.15, 0.2) is 0 Å². The minimum Gasteiger partial charge on any atom is -0.492 e. The first-order valence-electron chi connectivity index (χ1n) is 6.32. The van der Waals surface area contributed by atoms with Gasteiger partial charge in [0.1, 0.15) is 11.6 Å². The Kier molecular flexibility index (Phi) is 4.74. The molecule has 0 fully saturated rings. The van der Waals surface area contributed by atoms with E-state index in [0.717, 1.165) is 22.0 Å². The first-order chi connectivity index (χ1) is 9.22. The molecule has 1 heterocycles. The van der Waals surface area contributed by atoms with Crippen molar-refractivity contribution in [1.29, 1.82) is 0 Å². The fourth-order valence-electron chi connectivity index (χ4n) is 1.69. The van der Waals surface area contributed by atoms with Gasteiger partial charge in [0.05, 0.1) is 23.8 Å². The maximum Gasteiger partial charge on any atom is 0.145 e. The highest BCUT2D eigenvalue weighted by Crippen LogP contribution is 2.26. The Balaban J connectivity index is 2.05. The van der Waals surface area contributed by atoms with Crippen LogP contribution < -0.4 is 10.1 Å². The van der Waals surface area contributed by atoms with E-state index in [2.05, 4.69) is 17.2 Å². The third-order valence-electron chi connectivity index (χ3n) is 2.60. The monoisotopic (exact) mass is 280 g/mol. The predicted molar refractivity (Wildman–Crippen MR) is 76.4 cm³/mol. The first-order valence-corrected chi connectivity index (χ1v) is 7.14. The molecule has 0 unspecified atom stereocenters.